The fourth-order valence-corrected chi connectivity index (χ4v) is 4.61. The highest BCUT2D eigenvalue weighted by Gasteiger charge is 2.34. The van der Waals surface area contributed by atoms with Crippen LogP contribution >= 0.6 is 35.6 Å². The van der Waals surface area contributed by atoms with E-state index in [1.807, 2.05) is 13.8 Å². The van der Waals surface area contributed by atoms with Crippen molar-refractivity contribution in [2.75, 3.05) is 13.1 Å². The van der Waals surface area contributed by atoms with Gasteiger partial charge in [-0.3, -0.25) is 0 Å². The third kappa shape index (κ3) is 3.59. The van der Waals surface area contributed by atoms with Crippen LogP contribution in [-0.4, -0.2) is 37.9 Å². The molecule has 1 aliphatic heterocycles. The van der Waals surface area contributed by atoms with Gasteiger partial charge in [0.15, 0.2) is 0 Å². The second-order valence-corrected chi connectivity index (χ2v) is 7.47. The summed E-state index contributed by atoms with van der Waals surface area (Å²) in [6, 6.07) is 4.38. The second kappa shape index (κ2) is 6.81. The molecule has 0 amide bonds. The standard InChI is InChI=1S/C12H16Cl2N2O2S.ClH/c1-8-9(2)16(4-3-15-8)19(17,18)12-6-10(13)5-11(14)7-12;/h5-9,15H,3-4H2,1-2H3;1H. The second-order valence-electron chi connectivity index (χ2n) is 4.70. The Bertz CT molecular complexity index is 560. The lowest BCUT2D eigenvalue weighted by Gasteiger charge is -2.37. The van der Waals surface area contributed by atoms with Crippen molar-refractivity contribution in [1.82, 2.24) is 9.62 Å². The van der Waals surface area contributed by atoms with Crippen LogP contribution in [0, 0.1) is 0 Å². The molecule has 4 nitrogen and oxygen atoms in total. The molecule has 0 aromatic heterocycles. The summed E-state index contributed by atoms with van der Waals surface area (Å²) in [6.45, 7) is 4.94. The van der Waals surface area contributed by atoms with Crippen LogP contribution in [0.4, 0.5) is 0 Å². The number of halogens is 3. The van der Waals surface area contributed by atoms with E-state index < -0.39 is 10.0 Å². The molecule has 114 valence electrons. The number of rotatable bonds is 2. The zero-order chi connectivity index (χ0) is 14.2. The van der Waals surface area contributed by atoms with E-state index in [1.54, 1.807) is 0 Å². The number of sulfonamides is 1. The zero-order valence-corrected chi connectivity index (χ0v) is 14.3. The Labute approximate surface area is 135 Å². The van der Waals surface area contributed by atoms with Crippen molar-refractivity contribution >= 4 is 45.6 Å². The van der Waals surface area contributed by atoms with Crippen molar-refractivity contribution in [3.8, 4) is 0 Å². The lowest BCUT2D eigenvalue weighted by atomic mass is 10.1. The summed E-state index contributed by atoms with van der Waals surface area (Å²) in [4.78, 5) is 0.144. The summed E-state index contributed by atoms with van der Waals surface area (Å²) in [5.41, 5.74) is 0. The molecular weight excluding hydrogens is 343 g/mol. The first-order valence-corrected chi connectivity index (χ1v) is 8.23. The van der Waals surface area contributed by atoms with E-state index in [1.165, 1.54) is 22.5 Å². The molecule has 0 radical (unpaired) electrons. The van der Waals surface area contributed by atoms with Crippen LogP contribution < -0.4 is 5.32 Å². The first-order valence-electron chi connectivity index (χ1n) is 6.03. The quantitative estimate of drug-likeness (QED) is 0.883. The molecule has 1 aromatic carbocycles. The van der Waals surface area contributed by atoms with E-state index in [2.05, 4.69) is 5.32 Å². The minimum Gasteiger partial charge on any atom is -0.311 e. The molecule has 1 N–H and O–H groups in total. The van der Waals surface area contributed by atoms with E-state index in [9.17, 15) is 8.42 Å². The lowest BCUT2D eigenvalue weighted by molar-refractivity contribution is 0.233. The van der Waals surface area contributed by atoms with E-state index in [4.69, 9.17) is 23.2 Å². The summed E-state index contributed by atoms with van der Waals surface area (Å²) >= 11 is 11.8. The molecule has 1 aliphatic rings. The van der Waals surface area contributed by atoms with E-state index in [0.717, 1.165) is 0 Å². The smallest absolute Gasteiger partial charge is 0.243 e. The van der Waals surface area contributed by atoms with Gasteiger partial charge in [0.05, 0.1) is 4.90 Å². The minimum absolute atomic E-state index is 0. The Morgan fingerprint density at radius 1 is 1.20 bits per heavy atom. The molecule has 2 atom stereocenters. The maximum atomic E-state index is 12.6. The lowest BCUT2D eigenvalue weighted by Crippen LogP contribution is -2.57. The molecular formula is C12H17Cl3N2O2S. The van der Waals surface area contributed by atoms with Gasteiger partial charge in [0.1, 0.15) is 0 Å². The van der Waals surface area contributed by atoms with Gasteiger partial charge < -0.3 is 5.32 Å². The number of hydrogen-bond donors (Lipinski definition) is 1. The molecule has 2 unspecified atom stereocenters. The monoisotopic (exact) mass is 358 g/mol. The Hall–Kier alpha value is -0.0400. The van der Waals surface area contributed by atoms with Crippen molar-refractivity contribution in [2.45, 2.75) is 30.8 Å². The number of nitrogens with zero attached hydrogens (tertiary/aromatic N) is 1. The van der Waals surface area contributed by atoms with Gasteiger partial charge in [0.25, 0.3) is 0 Å². The van der Waals surface area contributed by atoms with Gasteiger partial charge in [-0.2, -0.15) is 4.31 Å². The first kappa shape index (κ1) is 18.0. The van der Waals surface area contributed by atoms with Gasteiger partial charge in [-0.1, -0.05) is 23.2 Å². The number of benzene rings is 1. The molecule has 8 heteroatoms. The average molecular weight is 360 g/mol. The highest BCUT2D eigenvalue weighted by molar-refractivity contribution is 7.89. The van der Waals surface area contributed by atoms with Gasteiger partial charge in [-0.15, -0.1) is 12.4 Å². The molecule has 0 spiro atoms. The summed E-state index contributed by atoms with van der Waals surface area (Å²) in [5, 5.41) is 3.89. The van der Waals surface area contributed by atoms with Crippen LogP contribution in [-0.2, 0) is 10.0 Å². The van der Waals surface area contributed by atoms with Gasteiger partial charge >= 0.3 is 0 Å². The zero-order valence-electron chi connectivity index (χ0n) is 11.1. The molecule has 0 aliphatic carbocycles. The largest absolute Gasteiger partial charge is 0.311 e. The van der Waals surface area contributed by atoms with Crippen LogP contribution in [0.25, 0.3) is 0 Å². The van der Waals surface area contributed by atoms with Crippen molar-refractivity contribution in [1.29, 1.82) is 0 Å². The van der Waals surface area contributed by atoms with Gasteiger partial charge in [0.2, 0.25) is 10.0 Å². The highest BCUT2D eigenvalue weighted by atomic mass is 35.5. The van der Waals surface area contributed by atoms with E-state index in [0.29, 0.717) is 23.1 Å². The third-order valence-electron chi connectivity index (χ3n) is 3.42. The summed E-state index contributed by atoms with van der Waals surface area (Å²) in [5.74, 6) is 0. The molecule has 0 saturated carbocycles. The maximum absolute atomic E-state index is 12.6. The first-order chi connectivity index (χ1) is 8.82. The molecule has 1 saturated heterocycles. The Morgan fingerprint density at radius 3 is 2.30 bits per heavy atom. The van der Waals surface area contributed by atoms with Crippen LogP contribution in [0.5, 0.6) is 0 Å². The molecule has 1 aromatic rings. The topological polar surface area (TPSA) is 49.4 Å². The van der Waals surface area contributed by atoms with Gasteiger partial charge in [0, 0.05) is 35.2 Å². The summed E-state index contributed by atoms with van der Waals surface area (Å²) in [7, 11) is -3.56. The summed E-state index contributed by atoms with van der Waals surface area (Å²) in [6.07, 6.45) is 0. The Kier molecular flexibility index (Phi) is 6.14. The van der Waals surface area contributed by atoms with E-state index >= 15 is 0 Å². The fraction of sp³-hybridized carbons (Fsp3) is 0.500. The third-order valence-corrected chi connectivity index (χ3v) is 5.82. The minimum atomic E-state index is -3.56. The number of piperazine rings is 1. The molecule has 1 heterocycles. The van der Waals surface area contributed by atoms with Crippen LogP contribution in [0.15, 0.2) is 23.1 Å². The molecule has 20 heavy (non-hydrogen) atoms. The molecule has 0 bridgehead atoms. The normalized spacial score (nSPS) is 24.2. The van der Waals surface area contributed by atoms with Crippen molar-refractivity contribution in [2.24, 2.45) is 0 Å². The van der Waals surface area contributed by atoms with Crippen molar-refractivity contribution in [3.63, 3.8) is 0 Å². The fourth-order valence-electron chi connectivity index (χ4n) is 2.18. The number of hydrogen-bond acceptors (Lipinski definition) is 3. The summed E-state index contributed by atoms with van der Waals surface area (Å²) < 4.78 is 26.8. The Balaban J connectivity index is 0.00000200. The predicted octanol–water partition coefficient (Wildman–Crippen LogP) is 2.79. The average Bonchev–Trinajstić information content (AvgIpc) is 2.31. The van der Waals surface area contributed by atoms with Crippen LogP contribution in [0.3, 0.4) is 0 Å². The number of nitrogens with one attached hydrogen (secondary N) is 1. The molecule has 2 rings (SSSR count). The SMILES string of the molecule is CC1NCCN(S(=O)(=O)c2cc(Cl)cc(Cl)c2)C1C.Cl. The van der Waals surface area contributed by atoms with E-state index in [-0.39, 0.29) is 29.4 Å². The van der Waals surface area contributed by atoms with Gasteiger partial charge in [-0.05, 0) is 32.0 Å². The highest BCUT2D eigenvalue weighted by Crippen LogP contribution is 2.27. The van der Waals surface area contributed by atoms with Crippen molar-refractivity contribution in [3.05, 3.63) is 28.2 Å². The molecule has 1 fully saturated rings. The van der Waals surface area contributed by atoms with Gasteiger partial charge in [-0.25, -0.2) is 8.42 Å². The predicted molar refractivity (Wildman–Crippen MR) is 84.5 cm³/mol. The van der Waals surface area contributed by atoms with Crippen LogP contribution in [0.2, 0.25) is 10.0 Å². The van der Waals surface area contributed by atoms with Crippen molar-refractivity contribution < 1.29 is 8.42 Å². The van der Waals surface area contributed by atoms with Crippen LogP contribution in [0.1, 0.15) is 13.8 Å². The maximum Gasteiger partial charge on any atom is 0.243 e. The Morgan fingerprint density at radius 2 is 1.75 bits per heavy atom.